The maximum Gasteiger partial charge on any atom is 0.223 e. The Hall–Kier alpha value is -1.83. The molecule has 0 aliphatic heterocycles. The lowest BCUT2D eigenvalue weighted by atomic mass is 10.1. The van der Waals surface area contributed by atoms with Crippen molar-refractivity contribution in [2.75, 3.05) is 11.4 Å². The van der Waals surface area contributed by atoms with Crippen molar-refractivity contribution < 1.29 is 4.79 Å². The second-order valence-electron chi connectivity index (χ2n) is 3.79. The van der Waals surface area contributed by atoms with Gasteiger partial charge in [-0.3, -0.25) is 4.79 Å². The zero-order valence-electron chi connectivity index (χ0n) is 9.60. The van der Waals surface area contributed by atoms with Crippen LogP contribution in [0.25, 0.3) is 10.8 Å². The van der Waals surface area contributed by atoms with Gasteiger partial charge in [0.15, 0.2) is 0 Å². The smallest absolute Gasteiger partial charge is 0.223 e. The summed E-state index contributed by atoms with van der Waals surface area (Å²) in [7, 11) is 0. The molecule has 0 atom stereocenters. The van der Waals surface area contributed by atoms with Gasteiger partial charge in [-0.1, -0.05) is 30.3 Å². The molecular formula is C14H15NO. The van der Waals surface area contributed by atoms with Crippen molar-refractivity contribution in [3.05, 3.63) is 42.5 Å². The number of carbonyl (C=O) groups excluding carboxylic acids is 1. The lowest BCUT2D eigenvalue weighted by molar-refractivity contribution is -0.116. The molecule has 82 valence electrons. The summed E-state index contributed by atoms with van der Waals surface area (Å²) in [4.78, 5) is 13.2. The van der Waals surface area contributed by atoms with Crippen molar-refractivity contribution in [2.45, 2.75) is 13.8 Å². The molecule has 16 heavy (non-hydrogen) atoms. The van der Waals surface area contributed by atoms with E-state index in [0.717, 1.165) is 5.69 Å². The van der Waals surface area contributed by atoms with E-state index in [0.29, 0.717) is 6.54 Å². The van der Waals surface area contributed by atoms with Crippen LogP contribution in [0.1, 0.15) is 13.8 Å². The lowest BCUT2D eigenvalue weighted by Gasteiger charge is -2.19. The van der Waals surface area contributed by atoms with E-state index in [2.05, 4.69) is 24.3 Å². The number of anilines is 1. The number of amides is 1. The van der Waals surface area contributed by atoms with Crippen LogP contribution in [0.2, 0.25) is 0 Å². The lowest BCUT2D eigenvalue weighted by Crippen LogP contribution is -2.27. The Balaban J connectivity index is 2.49. The minimum atomic E-state index is 0.0813. The topological polar surface area (TPSA) is 20.3 Å². The summed E-state index contributed by atoms with van der Waals surface area (Å²) in [6, 6.07) is 14.3. The van der Waals surface area contributed by atoms with Crippen LogP contribution >= 0.6 is 0 Å². The van der Waals surface area contributed by atoms with Gasteiger partial charge in [-0.05, 0) is 29.8 Å². The molecular weight excluding hydrogens is 198 g/mol. The normalized spacial score (nSPS) is 10.4. The molecule has 0 aliphatic rings. The summed E-state index contributed by atoms with van der Waals surface area (Å²) in [5.41, 5.74) is 0.966. The largest absolute Gasteiger partial charge is 0.313 e. The predicted molar refractivity (Wildman–Crippen MR) is 67.6 cm³/mol. The predicted octanol–water partition coefficient (Wildman–Crippen LogP) is 3.21. The van der Waals surface area contributed by atoms with E-state index in [4.69, 9.17) is 0 Å². The quantitative estimate of drug-likeness (QED) is 0.750. The van der Waals surface area contributed by atoms with E-state index in [1.165, 1.54) is 10.8 Å². The highest BCUT2D eigenvalue weighted by atomic mass is 16.2. The standard InChI is InChI=1S/C14H15NO/c1-3-15(11(2)16)14-9-8-12-6-4-5-7-13(12)10-14/h4-10H,3H2,1-2H3. The van der Waals surface area contributed by atoms with Gasteiger partial charge >= 0.3 is 0 Å². The van der Waals surface area contributed by atoms with Crippen molar-refractivity contribution in [2.24, 2.45) is 0 Å². The number of rotatable bonds is 2. The van der Waals surface area contributed by atoms with E-state index < -0.39 is 0 Å². The first-order chi connectivity index (χ1) is 7.72. The van der Waals surface area contributed by atoms with Crippen LogP contribution in [-0.4, -0.2) is 12.5 Å². The van der Waals surface area contributed by atoms with Gasteiger partial charge < -0.3 is 4.90 Å². The molecule has 2 rings (SSSR count). The zero-order chi connectivity index (χ0) is 11.5. The van der Waals surface area contributed by atoms with Crippen LogP contribution in [0.5, 0.6) is 0 Å². The molecule has 2 heteroatoms. The van der Waals surface area contributed by atoms with Crippen molar-refractivity contribution in [1.29, 1.82) is 0 Å². The van der Waals surface area contributed by atoms with Crippen LogP contribution in [-0.2, 0) is 4.79 Å². The summed E-state index contributed by atoms with van der Waals surface area (Å²) < 4.78 is 0. The number of carbonyl (C=O) groups is 1. The summed E-state index contributed by atoms with van der Waals surface area (Å²) in [5.74, 6) is 0.0813. The summed E-state index contributed by atoms with van der Waals surface area (Å²) in [6.07, 6.45) is 0. The maximum absolute atomic E-state index is 11.4. The molecule has 0 saturated heterocycles. The molecule has 2 aromatic rings. The zero-order valence-corrected chi connectivity index (χ0v) is 9.60. The third-order valence-corrected chi connectivity index (χ3v) is 2.74. The van der Waals surface area contributed by atoms with Gasteiger partial charge in [-0.15, -0.1) is 0 Å². The van der Waals surface area contributed by atoms with Gasteiger partial charge in [-0.25, -0.2) is 0 Å². The molecule has 0 unspecified atom stereocenters. The van der Waals surface area contributed by atoms with E-state index in [-0.39, 0.29) is 5.91 Å². The van der Waals surface area contributed by atoms with Gasteiger partial charge in [0, 0.05) is 19.2 Å². The SMILES string of the molecule is CCN(C(C)=O)c1ccc2ccccc2c1. The number of hydrogen-bond donors (Lipinski definition) is 0. The Kier molecular flexibility index (Phi) is 2.91. The molecule has 0 aromatic heterocycles. The second kappa shape index (κ2) is 4.35. The summed E-state index contributed by atoms with van der Waals surface area (Å²) in [5, 5.41) is 2.37. The highest BCUT2D eigenvalue weighted by Gasteiger charge is 2.08. The van der Waals surface area contributed by atoms with E-state index >= 15 is 0 Å². The van der Waals surface area contributed by atoms with Crippen LogP contribution in [0.4, 0.5) is 5.69 Å². The third-order valence-electron chi connectivity index (χ3n) is 2.74. The van der Waals surface area contributed by atoms with Crippen LogP contribution in [0.3, 0.4) is 0 Å². The Morgan fingerprint density at radius 2 is 1.81 bits per heavy atom. The molecule has 2 aromatic carbocycles. The van der Waals surface area contributed by atoms with Gasteiger partial charge in [0.05, 0.1) is 0 Å². The average molecular weight is 213 g/mol. The first-order valence-electron chi connectivity index (χ1n) is 5.49. The number of hydrogen-bond acceptors (Lipinski definition) is 1. The Bertz CT molecular complexity index is 519. The minimum Gasteiger partial charge on any atom is -0.313 e. The Morgan fingerprint density at radius 3 is 2.44 bits per heavy atom. The number of fused-ring (bicyclic) bond motifs is 1. The molecule has 0 heterocycles. The van der Waals surface area contributed by atoms with Crippen LogP contribution in [0, 0.1) is 0 Å². The molecule has 0 bridgehead atoms. The molecule has 0 N–H and O–H groups in total. The van der Waals surface area contributed by atoms with Crippen molar-refractivity contribution in [3.8, 4) is 0 Å². The molecule has 0 spiro atoms. The fourth-order valence-electron chi connectivity index (χ4n) is 1.93. The maximum atomic E-state index is 11.4. The molecule has 2 nitrogen and oxygen atoms in total. The highest BCUT2D eigenvalue weighted by molar-refractivity contribution is 5.95. The highest BCUT2D eigenvalue weighted by Crippen LogP contribution is 2.21. The van der Waals surface area contributed by atoms with Crippen LogP contribution in [0.15, 0.2) is 42.5 Å². The van der Waals surface area contributed by atoms with Gasteiger partial charge in [0.2, 0.25) is 5.91 Å². The van der Waals surface area contributed by atoms with E-state index in [1.807, 2.05) is 25.1 Å². The van der Waals surface area contributed by atoms with E-state index in [1.54, 1.807) is 11.8 Å². The number of benzene rings is 2. The van der Waals surface area contributed by atoms with Crippen molar-refractivity contribution in [3.63, 3.8) is 0 Å². The summed E-state index contributed by atoms with van der Waals surface area (Å²) in [6.45, 7) is 4.28. The fraction of sp³-hybridized carbons (Fsp3) is 0.214. The van der Waals surface area contributed by atoms with Crippen molar-refractivity contribution in [1.82, 2.24) is 0 Å². The first kappa shape index (κ1) is 10.7. The number of nitrogens with zero attached hydrogens (tertiary/aromatic N) is 1. The molecule has 0 saturated carbocycles. The van der Waals surface area contributed by atoms with E-state index in [9.17, 15) is 4.79 Å². The third kappa shape index (κ3) is 1.91. The second-order valence-corrected chi connectivity index (χ2v) is 3.79. The van der Waals surface area contributed by atoms with Crippen LogP contribution < -0.4 is 4.90 Å². The first-order valence-corrected chi connectivity index (χ1v) is 5.49. The molecule has 1 amide bonds. The Labute approximate surface area is 95.5 Å². The van der Waals surface area contributed by atoms with Gasteiger partial charge in [-0.2, -0.15) is 0 Å². The van der Waals surface area contributed by atoms with Gasteiger partial charge in [0.1, 0.15) is 0 Å². The minimum absolute atomic E-state index is 0.0813. The molecule has 0 fully saturated rings. The summed E-state index contributed by atoms with van der Waals surface area (Å²) >= 11 is 0. The van der Waals surface area contributed by atoms with Gasteiger partial charge in [0.25, 0.3) is 0 Å². The Morgan fingerprint density at radius 1 is 1.12 bits per heavy atom. The van der Waals surface area contributed by atoms with Crippen molar-refractivity contribution >= 4 is 22.4 Å². The average Bonchev–Trinajstić information content (AvgIpc) is 2.29. The molecule has 0 radical (unpaired) electrons. The monoisotopic (exact) mass is 213 g/mol. The fourth-order valence-corrected chi connectivity index (χ4v) is 1.93. The molecule has 0 aliphatic carbocycles.